The number of rotatable bonds is 4. The number of anilines is 1. The maximum atomic E-state index is 12.1. The number of hydrogen-bond acceptors (Lipinski definition) is 5. The number of nitrogens with one attached hydrogen (secondary N) is 1. The molecular formula is C16H19BCl3N3O4. The summed E-state index contributed by atoms with van der Waals surface area (Å²) in [7, 11) is 0.376. The van der Waals surface area contributed by atoms with Crippen LogP contribution in [-0.2, 0) is 4.74 Å². The number of ether oxygens (including phenoxy) is 1. The first-order chi connectivity index (χ1) is 12.5. The third kappa shape index (κ3) is 5.67. The molecule has 146 valence electrons. The fraction of sp³-hybridized carbons (Fsp3) is 0.438. The molecule has 2 heterocycles. The number of nitrogens with zero attached hydrogens (tertiary/aromatic N) is 2. The SMILES string of the molecule is CC(C)(C)OC(=O)N1CC=C(BNc2c(Cl)c(Cl)nc(C(=O)O)c2Cl)CC1. The van der Waals surface area contributed by atoms with Crippen LogP contribution in [0.2, 0.25) is 15.2 Å². The minimum atomic E-state index is -1.30. The second-order valence-electron chi connectivity index (χ2n) is 6.95. The van der Waals surface area contributed by atoms with E-state index in [2.05, 4.69) is 10.2 Å². The number of amides is 1. The monoisotopic (exact) mass is 433 g/mol. The summed E-state index contributed by atoms with van der Waals surface area (Å²) in [5.74, 6) is -1.30. The summed E-state index contributed by atoms with van der Waals surface area (Å²) < 4.78 is 5.35. The van der Waals surface area contributed by atoms with Gasteiger partial charge in [-0.05, 0) is 27.2 Å². The van der Waals surface area contributed by atoms with Crippen molar-refractivity contribution < 1.29 is 19.4 Å². The number of aromatic nitrogens is 1. The molecule has 0 saturated carbocycles. The molecule has 2 N–H and O–H groups in total. The van der Waals surface area contributed by atoms with Crippen molar-refractivity contribution in [1.82, 2.24) is 9.88 Å². The van der Waals surface area contributed by atoms with Gasteiger partial charge in [0.25, 0.3) is 7.41 Å². The first kappa shape index (κ1) is 21.7. The molecule has 1 amide bonds. The number of pyridine rings is 1. The van der Waals surface area contributed by atoms with Gasteiger partial charge >= 0.3 is 12.1 Å². The van der Waals surface area contributed by atoms with Gasteiger partial charge in [-0.2, -0.15) is 0 Å². The van der Waals surface area contributed by atoms with Crippen LogP contribution in [0.25, 0.3) is 0 Å². The molecular weight excluding hydrogens is 415 g/mol. The largest absolute Gasteiger partial charge is 0.476 e. The van der Waals surface area contributed by atoms with Gasteiger partial charge in [0.05, 0.1) is 10.7 Å². The first-order valence-corrected chi connectivity index (χ1v) is 9.30. The maximum absolute atomic E-state index is 12.1. The highest BCUT2D eigenvalue weighted by molar-refractivity contribution is 6.53. The average Bonchev–Trinajstić information content (AvgIpc) is 2.56. The molecule has 0 aromatic carbocycles. The van der Waals surface area contributed by atoms with E-state index in [1.807, 2.05) is 26.8 Å². The first-order valence-electron chi connectivity index (χ1n) is 8.17. The zero-order valence-corrected chi connectivity index (χ0v) is 17.4. The van der Waals surface area contributed by atoms with E-state index in [0.717, 1.165) is 5.47 Å². The van der Waals surface area contributed by atoms with Crippen LogP contribution in [0.1, 0.15) is 37.7 Å². The van der Waals surface area contributed by atoms with Crippen LogP contribution >= 0.6 is 34.8 Å². The third-order valence-corrected chi connectivity index (χ3v) is 4.79. The Kier molecular flexibility index (Phi) is 6.89. The molecule has 2 rings (SSSR count). The molecule has 1 aromatic rings. The minimum absolute atomic E-state index is 0.0541. The summed E-state index contributed by atoms with van der Waals surface area (Å²) >= 11 is 18.1. The van der Waals surface area contributed by atoms with E-state index in [1.165, 1.54) is 0 Å². The Hall–Kier alpha value is -1.64. The highest BCUT2D eigenvalue weighted by atomic mass is 35.5. The Morgan fingerprint density at radius 3 is 2.48 bits per heavy atom. The lowest BCUT2D eigenvalue weighted by Crippen LogP contribution is -2.39. The van der Waals surface area contributed by atoms with E-state index in [9.17, 15) is 9.59 Å². The number of carboxylic acids is 1. The summed E-state index contributed by atoms with van der Waals surface area (Å²) in [6.07, 6.45) is 2.18. The van der Waals surface area contributed by atoms with Crippen molar-refractivity contribution in [3.63, 3.8) is 0 Å². The number of aromatic carboxylic acids is 1. The molecule has 27 heavy (non-hydrogen) atoms. The standard InChI is InChI=1S/C16H19BCl3N3O4/c1-16(2,3)27-15(26)23-6-4-8(5-7-23)17-22-11-9(18)12(14(24)25)21-13(20)10(11)19/h4,17H,5-7H2,1-3H3,(H,21,22)(H,24,25). The van der Waals surface area contributed by atoms with E-state index in [-0.39, 0.29) is 32.7 Å². The zero-order valence-electron chi connectivity index (χ0n) is 15.1. The number of halogens is 3. The summed E-state index contributed by atoms with van der Waals surface area (Å²) in [6.45, 7) is 6.39. The van der Waals surface area contributed by atoms with Crippen LogP contribution in [0.5, 0.6) is 0 Å². The van der Waals surface area contributed by atoms with Crippen molar-refractivity contribution in [2.75, 3.05) is 18.3 Å². The minimum Gasteiger partial charge on any atom is -0.476 e. The van der Waals surface area contributed by atoms with Gasteiger partial charge in [0.2, 0.25) is 0 Å². The molecule has 0 bridgehead atoms. The topological polar surface area (TPSA) is 91.8 Å². The quantitative estimate of drug-likeness (QED) is 0.549. The Morgan fingerprint density at radius 1 is 1.30 bits per heavy atom. The van der Waals surface area contributed by atoms with Gasteiger partial charge in [-0.25, -0.2) is 14.6 Å². The molecule has 0 unspecified atom stereocenters. The van der Waals surface area contributed by atoms with Crippen LogP contribution in [0.3, 0.4) is 0 Å². The van der Waals surface area contributed by atoms with Crippen molar-refractivity contribution in [3.8, 4) is 0 Å². The molecule has 7 nitrogen and oxygen atoms in total. The summed E-state index contributed by atoms with van der Waals surface area (Å²) in [4.78, 5) is 28.6. The molecule has 11 heteroatoms. The molecule has 0 radical (unpaired) electrons. The summed E-state index contributed by atoms with van der Waals surface area (Å²) in [5, 5.41) is 12.0. The van der Waals surface area contributed by atoms with Gasteiger partial charge < -0.3 is 20.0 Å². The van der Waals surface area contributed by atoms with Gasteiger partial charge in [0.15, 0.2) is 10.8 Å². The van der Waals surface area contributed by atoms with Crippen LogP contribution < -0.4 is 5.23 Å². The average molecular weight is 435 g/mol. The lowest BCUT2D eigenvalue weighted by atomic mass is 9.78. The second kappa shape index (κ2) is 8.58. The molecule has 0 fully saturated rings. The van der Waals surface area contributed by atoms with Crippen molar-refractivity contribution in [1.29, 1.82) is 0 Å². The fourth-order valence-corrected chi connectivity index (χ4v) is 3.09. The van der Waals surface area contributed by atoms with E-state index >= 15 is 0 Å². The predicted octanol–water partition coefficient (Wildman–Crippen LogP) is 4.03. The van der Waals surface area contributed by atoms with Crippen LogP contribution in [0, 0.1) is 0 Å². The Balaban J connectivity index is 2.04. The van der Waals surface area contributed by atoms with E-state index < -0.39 is 11.6 Å². The molecule has 1 aliphatic heterocycles. The number of carbonyl (C=O) groups excluding carboxylic acids is 1. The van der Waals surface area contributed by atoms with Gasteiger partial charge in [0, 0.05) is 13.1 Å². The molecule has 0 spiro atoms. The molecule has 0 atom stereocenters. The zero-order chi connectivity index (χ0) is 20.4. The lowest BCUT2D eigenvalue weighted by molar-refractivity contribution is 0.0267. The van der Waals surface area contributed by atoms with Gasteiger partial charge in [-0.15, -0.1) is 0 Å². The van der Waals surface area contributed by atoms with Crippen molar-refractivity contribution in [3.05, 3.63) is 32.4 Å². The van der Waals surface area contributed by atoms with Crippen molar-refractivity contribution in [2.45, 2.75) is 32.8 Å². The highest BCUT2D eigenvalue weighted by Crippen LogP contribution is 2.36. The van der Waals surface area contributed by atoms with Gasteiger partial charge in [-0.1, -0.05) is 46.4 Å². The number of carbonyl (C=O) groups is 2. The smallest absolute Gasteiger partial charge is 0.410 e. The molecule has 0 saturated heterocycles. The Morgan fingerprint density at radius 2 is 1.96 bits per heavy atom. The normalized spacial score (nSPS) is 14.4. The maximum Gasteiger partial charge on any atom is 0.410 e. The Bertz CT molecular complexity index is 796. The molecule has 0 aliphatic carbocycles. The van der Waals surface area contributed by atoms with Crippen LogP contribution in [-0.4, -0.2) is 53.2 Å². The molecule has 1 aromatic heterocycles. The number of hydrogen-bond donors (Lipinski definition) is 2. The Labute approximate surface area is 172 Å². The van der Waals surface area contributed by atoms with E-state index in [0.29, 0.717) is 26.9 Å². The predicted molar refractivity (Wildman–Crippen MR) is 108 cm³/mol. The highest BCUT2D eigenvalue weighted by Gasteiger charge is 2.25. The lowest BCUT2D eigenvalue weighted by Gasteiger charge is -2.29. The van der Waals surface area contributed by atoms with Crippen LogP contribution in [0.15, 0.2) is 11.5 Å². The van der Waals surface area contributed by atoms with E-state index in [1.54, 1.807) is 4.90 Å². The second-order valence-corrected chi connectivity index (χ2v) is 8.07. The van der Waals surface area contributed by atoms with Gasteiger partial charge in [-0.3, -0.25) is 0 Å². The van der Waals surface area contributed by atoms with E-state index in [4.69, 9.17) is 44.6 Å². The summed E-state index contributed by atoms with van der Waals surface area (Å²) in [6, 6.07) is 0. The molecule has 1 aliphatic rings. The third-order valence-electron chi connectivity index (χ3n) is 3.69. The van der Waals surface area contributed by atoms with Crippen molar-refractivity contribution >= 4 is 60.0 Å². The number of carboxylic acid groups (broad SMARTS) is 1. The van der Waals surface area contributed by atoms with Gasteiger partial charge in [0.1, 0.15) is 10.6 Å². The van der Waals surface area contributed by atoms with Crippen molar-refractivity contribution in [2.24, 2.45) is 0 Å². The van der Waals surface area contributed by atoms with Crippen LogP contribution in [0.4, 0.5) is 10.5 Å². The summed E-state index contributed by atoms with van der Waals surface area (Å²) in [5.41, 5.74) is 0.318. The fourth-order valence-electron chi connectivity index (χ4n) is 2.38.